The average molecular weight is 400 g/mol. The Morgan fingerprint density at radius 1 is 1.03 bits per heavy atom. The molecule has 1 aliphatic rings. The molecule has 2 heterocycles. The molecule has 0 atom stereocenters. The molecule has 152 valence electrons. The predicted octanol–water partition coefficient (Wildman–Crippen LogP) is 3.89. The smallest absolute Gasteiger partial charge is 0.298 e. The Morgan fingerprint density at radius 3 is 2.47 bits per heavy atom. The molecule has 1 saturated heterocycles. The van der Waals surface area contributed by atoms with E-state index in [0.29, 0.717) is 17.2 Å². The summed E-state index contributed by atoms with van der Waals surface area (Å²) in [5.41, 5.74) is 1.96. The highest BCUT2D eigenvalue weighted by atomic mass is 16.5. The third kappa shape index (κ3) is 3.92. The third-order valence-corrected chi connectivity index (χ3v) is 5.43. The normalized spacial score (nSPS) is 13.7. The summed E-state index contributed by atoms with van der Waals surface area (Å²) in [5, 5.41) is 9.34. The van der Waals surface area contributed by atoms with E-state index in [1.165, 1.54) is 11.0 Å². The fraction of sp³-hybridized carbons (Fsp3) is 0.292. The first kappa shape index (κ1) is 19.7. The van der Waals surface area contributed by atoms with E-state index in [-0.39, 0.29) is 17.9 Å². The van der Waals surface area contributed by atoms with Gasteiger partial charge >= 0.3 is 0 Å². The first-order chi connectivity index (χ1) is 14.7. The van der Waals surface area contributed by atoms with E-state index in [4.69, 9.17) is 9.72 Å². The molecule has 0 aliphatic carbocycles. The second kappa shape index (κ2) is 8.83. The summed E-state index contributed by atoms with van der Waals surface area (Å²) >= 11 is 0. The van der Waals surface area contributed by atoms with Crippen molar-refractivity contribution in [1.29, 1.82) is 5.26 Å². The topological polar surface area (TPSA) is 71.2 Å². The number of ether oxygens (including phenoxy) is 1. The summed E-state index contributed by atoms with van der Waals surface area (Å²) in [6.45, 7) is 1.84. The zero-order valence-corrected chi connectivity index (χ0v) is 17.0. The number of benzene rings is 2. The van der Waals surface area contributed by atoms with Gasteiger partial charge in [0.2, 0.25) is 5.75 Å². The van der Waals surface area contributed by atoms with E-state index >= 15 is 0 Å². The highest BCUT2D eigenvalue weighted by molar-refractivity contribution is 5.62. The van der Waals surface area contributed by atoms with Crippen LogP contribution in [0.15, 0.2) is 59.4 Å². The number of rotatable bonds is 5. The standard InChI is InChI=1S/C24H24N4O2/c1-27-22(18-10-4-2-5-11-18)26-23(28-14-8-3-9-15-28)21(24(27)29)30-17-20-13-7-6-12-19(20)16-25/h2,4-7,10-13H,3,8-9,14-15,17H2,1H3. The van der Waals surface area contributed by atoms with Crippen LogP contribution in [0.5, 0.6) is 5.75 Å². The molecule has 30 heavy (non-hydrogen) atoms. The van der Waals surface area contributed by atoms with E-state index in [1.807, 2.05) is 48.5 Å². The Morgan fingerprint density at radius 2 is 1.73 bits per heavy atom. The van der Waals surface area contributed by atoms with Crippen molar-refractivity contribution in [1.82, 2.24) is 9.55 Å². The van der Waals surface area contributed by atoms with E-state index in [9.17, 15) is 10.1 Å². The quantitative estimate of drug-likeness (QED) is 0.650. The van der Waals surface area contributed by atoms with Crippen molar-refractivity contribution in [3.05, 3.63) is 76.1 Å². The van der Waals surface area contributed by atoms with Crippen molar-refractivity contribution < 1.29 is 4.74 Å². The Balaban J connectivity index is 1.77. The van der Waals surface area contributed by atoms with E-state index in [0.717, 1.165) is 37.1 Å². The Kier molecular flexibility index (Phi) is 5.80. The maximum absolute atomic E-state index is 13.3. The van der Waals surface area contributed by atoms with Crippen molar-refractivity contribution in [2.75, 3.05) is 18.0 Å². The first-order valence-electron chi connectivity index (χ1n) is 10.2. The lowest BCUT2D eigenvalue weighted by atomic mass is 10.1. The molecule has 0 bridgehead atoms. The van der Waals surface area contributed by atoms with Gasteiger partial charge < -0.3 is 9.64 Å². The monoisotopic (exact) mass is 400 g/mol. The molecule has 0 amide bonds. The number of hydrogen-bond acceptors (Lipinski definition) is 5. The third-order valence-electron chi connectivity index (χ3n) is 5.43. The van der Waals surface area contributed by atoms with Gasteiger partial charge in [-0.15, -0.1) is 0 Å². The molecule has 3 aromatic rings. The molecule has 0 unspecified atom stereocenters. The molecule has 0 saturated carbocycles. The molecule has 4 rings (SSSR count). The van der Waals surface area contributed by atoms with Crippen LogP contribution in [0.1, 0.15) is 30.4 Å². The minimum Gasteiger partial charge on any atom is -0.480 e. The lowest BCUT2D eigenvalue weighted by Gasteiger charge is -2.29. The first-order valence-corrected chi connectivity index (χ1v) is 10.2. The zero-order chi connectivity index (χ0) is 20.9. The number of hydrogen-bond donors (Lipinski definition) is 0. The molecule has 6 nitrogen and oxygen atoms in total. The predicted molar refractivity (Wildman–Crippen MR) is 116 cm³/mol. The second-order valence-corrected chi connectivity index (χ2v) is 7.42. The van der Waals surface area contributed by atoms with Crippen LogP contribution in [0.4, 0.5) is 5.82 Å². The van der Waals surface area contributed by atoms with Crippen LogP contribution in [0.3, 0.4) is 0 Å². The summed E-state index contributed by atoms with van der Waals surface area (Å²) in [6.07, 6.45) is 3.31. The summed E-state index contributed by atoms with van der Waals surface area (Å²) < 4.78 is 7.57. The molecule has 0 radical (unpaired) electrons. The Hall–Kier alpha value is -3.59. The maximum atomic E-state index is 13.3. The average Bonchev–Trinajstić information content (AvgIpc) is 2.81. The molecule has 6 heteroatoms. The summed E-state index contributed by atoms with van der Waals surface area (Å²) in [7, 11) is 1.72. The summed E-state index contributed by atoms with van der Waals surface area (Å²) in [5.74, 6) is 1.45. The number of nitriles is 1. The number of nitrogens with zero attached hydrogens (tertiary/aromatic N) is 4. The number of piperidine rings is 1. The Bertz CT molecular complexity index is 1130. The van der Waals surface area contributed by atoms with E-state index < -0.39 is 0 Å². The SMILES string of the molecule is Cn1c(-c2ccccc2)nc(N2CCCCC2)c(OCc2ccccc2C#N)c1=O. The minimum absolute atomic E-state index is 0.145. The van der Waals surface area contributed by atoms with Gasteiger partial charge in [-0.3, -0.25) is 9.36 Å². The van der Waals surface area contributed by atoms with Gasteiger partial charge in [0.1, 0.15) is 12.4 Å². The summed E-state index contributed by atoms with van der Waals surface area (Å²) in [6, 6.07) is 19.2. The van der Waals surface area contributed by atoms with Crippen molar-refractivity contribution in [2.45, 2.75) is 25.9 Å². The van der Waals surface area contributed by atoms with Gasteiger partial charge in [-0.2, -0.15) is 5.26 Å². The molecular weight excluding hydrogens is 376 g/mol. The lowest BCUT2D eigenvalue weighted by molar-refractivity contribution is 0.298. The zero-order valence-electron chi connectivity index (χ0n) is 17.0. The molecule has 2 aromatic carbocycles. The van der Waals surface area contributed by atoms with Crippen LogP contribution in [0.2, 0.25) is 0 Å². The molecule has 1 fully saturated rings. The van der Waals surface area contributed by atoms with Crippen molar-refractivity contribution in [3.8, 4) is 23.2 Å². The molecule has 1 aliphatic heterocycles. The largest absolute Gasteiger partial charge is 0.480 e. The second-order valence-electron chi connectivity index (χ2n) is 7.42. The number of anilines is 1. The van der Waals surface area contributed by atoms with Crippen molar-refractivity contribution in [2.24, 2.45) is 7.05 Å². The fourth-order valence-electron chi connectivity index (χ4n) is 3.77. The van der Waals surface area contributed by atoms with Gasteiger partial charge in [-0.05, 0) is 25.3 Å². The number of aromatic nitrogens is 2. The maximum Gasteiger partial charge on any atom is 0.298 e. The van der Waals surface area contributed by atoms with E-state index in [1.54, 1.807) is 13.1 Å². The van der Waals surface area contributed by atoms with Crippen LogP contribution < -0.4 is 15.2 Å². The van der Waals surface area contributed by atoms with Gasteiger partial charge in [0, 0.05) is 31.3 Å². The minimum atomic E-state index is -0.223. The molecule has 0 N–H and O–H groups in total. The van der Waals surface area contributed by atoms with Crippen LogP contribution in [-0.2, 0) is 13.7 Å². The summed E-state index contributed by atoms with van der Waals surface area (Å²) in [4.78, 5) is 20.3. The Labute approximate surface area is 176 Å². The van der Waals surface area contributed by atoms with Crippen molar-refractivity contribution in [3.63, 3.8) is 0 Å². The fourth-order valence-corrected chi connectivity index (χ4v) is 3.77. The van der Waals surface area contributed by atoms with Crippen LogP contribution >= 0.6 is 0 Å². The highest BCUT2D eigenvalue weighted by Gasteiger charge is 2.23. The van der Waals surface area contributed by atoms with Gasteiger partial charge in [0.25, 0.3) is 5.56 Å². The van der Waals surface area contributed by atoms with Crippen LogP contribution in [0.25, 0.3) is 11.4 Å². The molecule has 1 aromatic heterocycles. The highest BCUT2D eigenvalue weighted by Crippen LogP contribution is 2.29. The van der Waals surface area contributed by atoms with Crippen molar-refractivity contribution >= 4 is 5.82 Å². The van der Waals surface area contributed by atoms with Crippen LogP contribution in [-0.4, -0.2) is 22.6 Å². The van der Waals surface area contributed by atoms with E-state index in [2.05, 4.69) is 11.0 Å². The lowest BCUT2D eigenvalue weighted by Crippen LogP contribution is -2.34. The van der Waals surface area contributed by atoms with Gasteiger partial charge in [-0.25, -0.2) is 4.98 Å². The molecular formula is C24H24N4O2. The van der Waals surface area contributed by atoms with Gasteiger partial charge in [-0.1, -0.05) is 48.5 Å². The molecule has 0 spiro atoms. The van der Waals surface area contributed by atoms with Crippen LogP contribution in [0, 0.1) is 11.3 Å². The van der Waals surface area contributed by atoms with Gasteiger partial charge in [0.15, 0.2) is 5.82 Å². The van der Waals surface area contributed by atoms with Gasteiger partial charge in [0.05, 0.1) is 11.6 Å².